The van der Waals surface area contributed by atoms with E-state index in [-0.39, 0.29) is 6.10 Å². The molecule has 1 saturated heterocycles. The zero-order valence-electron chi connectivity index (χ0n) is 9.25. The Balaban J connectivity index is 2.28. The van der Waals surface area contributed by atoms with E-state index in [9.17, 15) is 0 Å². The molecule has 0 amide bonds. The van der Waals surface area contributed by atoms with E-state index in [4.69, 9.17) is 16.3 Å². The molecule has 88 valence electrons. The van der Waals surface area contributed by atoms with Crippen LogP contribution in [0.5, 0.6) is 0 Å². The highest BCUT2D eigenvalue weighted by Crippen LogP contribution is 2.30. The standard InChI is InChI=1S/C12H15BrClNO/c1-9-8-15(5-6-16-9)12-4-2-3-11(14)10(12)7-13/h2-4,9H,5-8H2,1H3. The predicted octanol–water partition coefficient (Wildman–Crippen LogP) is 3.46. The Bertz CT molecular complexity index is 372. The summed E-state index contributed by atoms with van der Waals surface area (Å²) in [5.41, 5.74) is 2.39. The second kappa shape index (κ2) is 5.39. The molecule has 1 heterocycles. The maximum Gasteiger partial charge on any atom is 0.0722 e. The molecular formula is C12H15BrClNO. The fourth-order valence-electron chi connectivity index (χ4n) is 2.01. The van der Waals surface area contributed by atoms with Crippen molar-refractivity contribution in [2.24, 2.45) is 0 Å². The van der Waals surface area contributed by atoms with Crippen molar-refractivity contribution >= 4 is 33.2 Å². The molecule has 0 aromatic heterocycles. The lowest BCUT2D eigenvalue weighted by Gasteiger charge is -2.34. The van der Waals surface area contributed by atoms with Gasteiger partial charge >= 0.3 is 0 Å². The molecule has 1 aromatic carbocycles. The summed E-state index contributed by atoms with van der Waals surface area (Å²) < 4.78 is 5.55. The van der Waals surface area contributed by atoms with Crippen LogP contribution in [-0.4, -0.2) is 25.8 Å². The molecule has 0 radical (unpaired) electrons. The van der Waals surface area contributed by atoms with Crippen molar-refractivity contribution in [3.8, 4) is 0 Å². The van der Waals surface area contributed by atoms with Gasteiger partial charge in [0.1, 0.15) is 0 Å². The molecule has 0 saturated carbocycles. The van der Waals surface area contributed by atoms with Gasteiger partial charge in [-0.3, -0.25) is 0 Å². The molecule has 1 aliphatic rings. The van der Waals surface area contributed by atoms with Crippen LogP contribution in [0.4, 0.5) is 5.69 Å². The Hall–Kier alpha value is -0.250. The number of halogens is 2. The fraction of sp³-hybridized carbons (Fsp3) is 0.500. The first-order valence-corrected chi connectivity index (χ1v) is 6.92. The summed E-state index contributed by atoms with van der Waals surface area (Å²) >= 11 is 9.70. The van der Waals surface area contributed by atoms with Gasteiger partial charge in [-0.1, -0.05) is 33.6 Å². The van der Waals surface area contributed by atoms with Gasteiger partial charge in [0.25, 0.3) is 0 Å². The summed E-state index contributed by atoms with van der Waals surface area (Å²) in [7, 11) is 0. The van der Waals surface area contributed by atoms with Crippen LogP contribution in [0.25, 0.3) is 0 Å². The van der Waals surface area contributed by atoms with Gasteiger partial charge in [0, 0.05) is 34.7 Å². The molecular weight excluding hydrogens is 289 g/mol. The minimum atomic E-state index is 0.288. The maximum absolute atomic E-state index is 6.20. The summed E-state index contributed by atoms with van der Waals surface area (Å²) in [5, 5.41) is 1.61. The molecule has 16 heavy (non-hydrogen) atoms. The number of anilines is 1. The molecule has 0 aliphatic carbocycles. The quantitative estimate of drug-likeness (QED) is 0.776. The minimum absolute atomic E-state index is 0.288. The van der Waals surface area contributed by atoms with Gasteiger partial charge in [-0.25, -0.2) is 0 Å². The normalized spacial score (nSPS) is 21.2. The van der Waals surface area contributed by atoms with Crippen LogP contribution in [0.15, 0.2) is 18.2 Å². The van der Waals surface area contributed by atoms with Gasteiger partial charge in [0.05, 0.1) is 12.7 Å². The smallest absolute Gasteiger partial charge is 0.0722 e. The van der Waals surface area contributed by atoms with Crippen molar-refractivity contribution in [3.63, 3.8) is 0 Å². The lowest BCUT2D eigenvalue weighted by molar-refractivity contribution is 0.0532. The summed E-state index contributed by atoms with van der Waals surface area (Å²) in [6.07, 6.45) is 0.288. The number of alkyl halides is 1. The number of rotatable bonds is 2. The zero-order chi connectivity index (χ0) is 11.5. The van der Waals surface area contributed by atoms with Gasteiger partial charge in [-0.05, 0) is 19.1 Å². The van der Waals surface area contributed by atoms with Crippen molar-refractivity contribution < 1.29 is 4.74 Å². The molecule has 4 heteroatoms. The molecule has 1 aliphatic heterocycles. The molecule has 0 bridgehead atoms. The lowest BCUT2D eigenvalue weighted by atomic mass is 10.1. The molecule has 2 rings (SSSR count). The first-order valence-electron chi connectivity index (χ1n) is 5.42. The van der Waals surface area contributed by atoms with Crippen LogP contribution >= 0.6 is 27.5 Å². The Kier molecular flexibility index (Phi) is 4.11. The van der Waals surface area contributed by atoms with Crippen molar-refractivity contribution in [3.05, 3.63) is 28.8 Å². The number of ether oxygens (including phenoxy) is 1. The highest BCUT2D eigenvalue weighted by molar-refractivity contribution is 9.08. The van der Waals surface area contributed by atoms with Crippen molar-refractivity contribution in [1.82, 2.24) is 0 Å². The van der Waals surface area contributed by atoms with Gasteiger partial charge in [-0.2, -0.15) is 0 Å². The molecule has 0 N–H and O–H groups in total. The Morgan fingerprint density at radius 1 is 1.56 bits per heavy atom. The molecule has 1 fully saturated rings. The van der Waals surface area contributed by atoms with Gasteiger partial charge in [-0.15, -0.1) is 0 Å². The van der Waals surface area contributed by atoms with Crippen LogP contribution < -0.4 is 4.90 Å². The summed E-state index contributed by atoms with van der Waals surface area (Å²) in [6, 6.07) is 6.07. The minimum Gasteiger partial charge on any atom is -0.375 e. The second-order valence-electron chi connectivity index (χ2n) is 4.00. The van der Waals surface area contributed by atoms with Gasteiger partial charge in [0.15, 0.2) is 0 Å². The van der Waals surface area contributed by atoms with E-state index in [1.807, 2.05) is 12.1 Å². The first kappa shape index (κ1) is 12.2. The van der Waals surface area contributed by atoms with Crippen molar-refractivity contribution in [1.29, 1.82) is 0 Å². The third-order valence-corrected chi connectivity index (χ3v) is 3.72. The molecule has 0 spiro atoms. The van der Waals surface area contributed by atoms with Crippen LogP contribution in [0.1, 0.15) is 12.5 Å². The van der Waals surface area contributed by atoms with E-state index in [0.717, 1.165) is 30.0 Å². The van der Waals surface area contributed by atoms with E-state index >= 15 is 0 Å². The zero-order valence-corrected chi connectivity index (χ0v) is 11.6. The topological polar surface area (TPSA) is 12.5 Å². The molecule has 1 atom stereocenters. The number of benzene rings is 1. The van der Waals surface area contributed by atoms with E-state index in [0.29, 0.717) is 0 Å². The van der Waals surface area contributed by atoms with E-state index in [2.05, 4.69) is 33.8 Å². The molecule has 2 nitrogen and oxygen atoms in total. The maximum atomic E-state index is 6.20. The third kappa shape index (κ3) is 2.53. The van der Waals surface area contributed by atoms with E-state index < -0.39 is 0 Å². The second-order valence-corrected chi connectivity index (χ2v) is 4.97. The van der Waals surface area contributed by atoms with Crippen LogP contribution in [0, 0.1) is 0 Å². The van der Waals surface area contributed by atoms with Crippen LogP contribution in [-0.2, 0) is 10.1 Å². The molecule has 1 aromatic rings. The number of morpholine rings is 1. The summed E-state index contributed by atoms with van der Waals surface area (Å²) in [4.78, 5) is 2.34. The Labute approximate surface area is 110 Å². The monoisotopic (exact) mass is 303 g/mol. The Morgan fingerprint density at radius 2 is 2.38 bits per heavy atom. The summed E-state index contributed by atoms with van der Waals surface area (Å²) in [6.45, 7) is 4.75. The van der Waals surface area contributed by atoms with Gasteiger partial charge < -0.3 is 9.64 Å². The predicted molar refractivity (Wildman–Crippen MR) is 71.7 cm³/mol. The highest BCUT2D eigenvalue weighted by Gasteiger charge is 2.19. The average molecular weight is 305 g/mol. The Morgan fingerprint density at radius 3 is 3.06 bits per heavy atom. The van der Waals surface area contributed by atoms with Crippen LogP contribution in [0.2, 0.25) is 5.02 Å². The average Bonchev–Trinajstić information content (AvgIpc) is 2.28. The number of nitrogens with zero attached hydrogens (tertiary/aromatic N) is 1. The SMILES string of the molecule is CC1CN(c2cccc(Cl)c2CBr)CCO1. The summed E-state index contributed by atoms with van der Waals surface area (Å²) in [5.74, 6) is 0. The number of hydrogen-bond donors (Lipinski definition) is 0. The molecule has 1 unspecified atom stereocenters. The fourth-order valence-corrected chi connectivity index (χ4v) is 3.00. The van der Waals surface area contributed by atoms with Crippen molar-refractivity contribution in [2.75, 3.05) is 24.6 Å². The van der Waals surface area contributed by atoms with E-state index in [1.54, 1.807) is 0 Å². The van der Waals surface area contributed by atoms with Crippen molar-refractivity contribution in [2.45, 2.75) is 18.4 Å². The third-order valence-electron chi connectivity index (χ3n) is 2.81. The van der Waals surface area contributed by atoms with E-state index in [1.165, 1.54) is 11.3 Å². The highest BCUT2D eigenvalue weighted by atomic mass is 79.9. The van der Waals surface area contributed by atoms with Gasteiger partial charge in [0.2, 0.25) is 0 Å². The number of hydrogen-bond acceptors (Lipinski definition) is 2. The van der Waals surface area contributed by atoms with Crippen LogP contribution in [0.3, 0.4) is 0 Å². The lowest BCUT2D eigenvalue weighted by Crippen LogP contribution is -2.41. The largest absolute Gasteiger partial charge is 0.375 e. The first-order chi connectivity index (χ1) is 7.72.